The highest BCUT2D eigenvalue weighted by Crippen LogP contribution is 2.28. The maximum atomic E-state index is 12.0. The van der Waals surface area contributed by atoms with Crippen molar-refractivity contribution in [1.82, 2.24) is 4.98 Å². The first-order valence-corrected chi connectivity index (χ1v) is 7.10. The highest BCUT2D eigenvalue weighted by atomic mass is 79.9. The molecule has 3 N–H and O–H groups in total. The van der Waals surface area contributed by atoms with Gasteiger partial charge in [0, 0.05) is 16.4 Å². The van der Waals surface area contributed by atoms with E-state index >= 15 is 0 Å². The molecule has 0 radical (unpaired) electrons. The molecule has 1 heterocycles. The van der Waals surface area contributed by atoms with Crippen molar-refractivity contribution < 1.29 is 9.53 Å². The fourth-order valence-corrected chi connectivity index (χ4v) is 2.49. The second-order valence-electron chi connectivity index (χ2n) is 3.63. The Kier molecular flexibility index (Phi) is 4.52. The Morgan fingerprint density at radius 3 is 3.00 bits per heavy atom. The summed E-state index contributed by atoms with van der Waals surface area (Å²) in [5.41, 5.74) is 6.41. The van der Waals surface area contributed by atoms with Crippen LogP contribution < -0.4 is 15.8 Å². The number of carbonyl (C=O) groups excluding carboxylic acids is 1. The van der Waals surface area contributed by atoms with Gasteiger partial charge in [0.25, 0.3) is 5.91 Å². The fraction of sp³-hybridized carbons (Fsp3) is 0.167. The molecule has 0 fully saturated rings. The van der Waals surface area contributed by atoms with E-state index in [0.717, 1.165) is 9.48 Å². The Labute approximate surface area is 122 Å². The molecule has 2 rings (SSSR count). The van der Waals surface area contributed by atoms with E-state index in [2.05, 4.69) is 26.2 Å². The molecular formula is C12H12BrN3O2S. The van der Waals surface area contributed by atoms with Gasteiger partial charge in [-0.25, -0.2) is 4.98 Å². The first kappa shape index (κ1) is 14.0. The third-order valence-electron chi connectivity index (χ3n) is 2.37. The van der Waals surface area contributed by atoms with Crippen molar-refractivity contribution in [3.8, 4) is 5.75 Å². The summed E-state index contributed by atoms with van der Waals surface area (Å²) in [6.07, 6.45) is 0. The predicted octanol–water partition coefficient (Wildman–Crippen LogP) is 2.63. The number of nitrogens with one attached hydrogen (secondary N) is 1. The summed E-state index contributed by atoms with van der Waals surface area (Å²) >= 11 is 4.71. The molecule has 0 saturated carbocycles. The summed E-state index contributed by atoms with van der Waals surface area (Å²) in [7, 11) is 1.55. The molecule has 5 nitrogen and oxygen atoms in total. The highest BCUT2D eigenvalue weighted by Gasteiger charge is 2.13. The third kappa shape index (κ3) is 3.31. The predicted molar refractivity (Wildman–Crippen MR) is 78.7 cm³/mol. The van der Waals surface area contributed by atoms with Crippen LogP contribution in [-0.2, 0) is 6.54 Å². The smallest absolute Gasteiger partial charge is 0.275 e. The van der Waals surface area contributed by atoms with E-state index in [9.17, 15) is 4.79 Å². The number of nitrogens with two attached hydrogens (primary N) is 1. The van der Waals surface area contributed by atoms with Crippen LogP contribution in [0.4, 0.5) is 5.69 Å². The first-order valence-electron chi connectivity index (χ1n) is 5.43. The number of hydrogen-bond donors (Lipinski definition) is 2. The number of benzene rings is 1. The van der Waals surface area contributed by atoms with Crippen molar-refractivity contribution in [2.45, 2.75) is 6.54 Å². The maximum absolute atomic E-state index is 12.0. The number of halogens is 1. The average molecular weight is 342 g/mol. The van der Waals surface area contributed by atoms with Gasteiger partial charge in [0.2, 0.25) is 0 Å². The minimum atomic E-state index is -0.285. The maximum Gasteiger partial charge on any atom is 0.275 e. The van der Waals surface area contributed by atoms with E-state index in [-0.39, 0.29) is 5.91 Å². The van der Waals surface area contributed by atoms with Gasteiger partial charge < -0.3 is 15.8 Å². The van der Waals surface area contributed by atoms with Crippen molar-refractivity contribution >= 4 is 38.9 Å². The minimum Gasteiger partial charge on any atom is -0.495 e. The summed E-state index contributed by atoms with van der Waals surface area (Å²) in [5.74, 6) is 0.304. The lowest BCUT2D eigenvalue weighted by molar-refractivity contribution is 0.102. The molecule has 0 saturated heterocycles. The number of carbonyl (C=O) groups is 1. The zero-order valence-electron chi connectivity index (χ0n) is 10.1. The van der Waals surface area contributed by atoms with Crippen LogP contribution in [-0.4, -0.2) is 18.0 Å². The number of anilines is 1. The largest absolute Gasteiger partial charge is 0.495 e. The van der Waals surface area contributed by atoms with Crippen molar-refractivity contribution in [3.05, 3.63) is 38.8 Å². The zero-order valence-corrected chi connectivity index (χ0v) is 12.5. The van der Waals surface area contributed by atoms with E-state index in [0.29, 0.717) is 23.7 Å². The Balaban J connectivity index is 2.20. The van der Waals surface area contributed by atoms with Crippen LogP contribution in [0.3, 0.4) is 0 Å². The Morgan fingerprint density at radius 1 is 1.58 bits per heavy atom. The lowest BCUT2D eigenvalue weighted by Gasteiger charge is -2.09. The van der Waals surface area contributed by atoms with Crippen LogP contribution in [0, 0.1) is 0 Å². The van der Waals surface area contributed by atoms with Crippen molar-refractivity contribution in [2.24, 2.45) is 5.73 Å². The zero-order chi connectivity index (χ0) is 13.8. The lowest BCUT2D eigenvalue weighted by Crippen LogP contribution is -2.13. The number of nitrogens with zero attached hydrogens (tertiary/aromatic N) is 1. The normalized spacial score (nSPS) is 10.3. The van der Waals surface area contributed by atoms with E-state index in [4.69, 9.17) is 10.5 Å². The molecule has 0 aliphatic heterocycles. The monoisotopic (exact) mass is 341 g/mol. The van der Waals surface area contributed by atoms with Crippen LogP contribution in [0.5, 0.6) is 5.75 Å². The number of aromatic nitrogens is 1. The molecule has 0 atom stereocenters. The van der Waals surface area contributed by atoms with Gasteiger partial charge in [0.1, 0.15) is 16.5 Å². The van der Waals surface area contributed by atoms with E-state index in [1.807, 2.05) is 6.07 Å². The molecule has 0 bridgehead atoms. The van der Waals surface area contributed by atoms with Crippen LogP contribution in [0.2, 0.25) is 0 Å². The lowest BCUT2D eigenvalue weighted by atomic mass is 10.3. The van der Waals surface area contributed by atoms with E-state index < -0.39 is 0 Å². The second-order valence-corrected chi connectivity index (χ2v) is 5.49. The minimum absolute atomic E-state index is 0.285. The molecule has 2 aromatic rings. The summed E-state index contributed by atoms with van der Waals surface area (Å²) in [5, 5.41) is 5.18. The van der Waals surface area contributed by atoms with Crippen LogP contribution in [0.15, 0.2) is 28.1 Å². The van der Waals surface area contributed by atoms with Crippen LogP contribution in [0.1, 0.15) is 15.5 Å². The van der Waals surface area contributed by atoms with E-state index in [1.54, 1.807) is 24.6 Å². The average Bonchev–Trinajstić information content (AvgIpc) is 2.88. The van der Waals surface area contributed by atoms with E-state index in [1.165, 1.54) is 11.3 Å². The Morgan fingerprint density at radius 2 is 2.37 bits per heavy atom. The summed E-state index contributed by atoms with van der Waals surface area (Å²) in [6.45, 7) is 0.332. The Bertz CT molecular complexity index is 600. The molecule has 19 heavy (non-hydrogen) atoms. The third-order valence-corrected chi connectivity index (χ3v) is 3.73. The van der Waals surface area contributed by atoms with Crippen molar-refractivity contribution in [3.63, 3.8) is 0 Å². The first-order chi connectivity index (χ1) is 9.13. The molecule has 100 valence electrons. The topological polar surface area (TPSA) is 77.2 Å². The molecule has 1 amide bonds. The number of methoxy groups -OCH3 is 1. The number of ether oxygens (including phenoxy) is 1. The molecule has 0 unspecified atom stereocenters. The number of amides is 1. The summed E-state index contributed by atoms with van der Waals surface area (Å²) in [4.78, 5) is 16.2. The van der Waals surface area contributed by atoms with Crippen LogP contribution >= 0.6 is 27.3 Å². The van der Waals surface area contributed by atoms with Gasteiger partial charge in [-0.2, -0.15) is 0 Å². The van der Waals surface area contributed by atoms with Crippen molar-refractivity contribution in [1.29, 1.82) is 0 Å². The fourth-order valence-electron chi connectivity index (χ4n) is 1.47. The second kappa shape index (κ2) is 6.14. The standard InChI is InChI=1S/C12H12BrN3O2S/c1-18-10-3-2-7(13)4-8(10)16-12(17)9-6-19-11(5-14)15-9/h2-4,6H,5,14H2,1H3,(H,16,17). The van der Waals surface area contributed by atoms with Gasteiger partial charge in [0.05, 0.1) is 12.8 Å². The van der Waals surface area contributed by atoms with Gasteiger partial charge in [-0.05, 0) is 18.2 Å². The molecular weight excluding hydrogens is 330 g/mol. The van der Waals surface area contributed by atoms with Crippen molar-refractivity contribution in [2.75, 3.05) is 12.4 Å². The molecule has 0 spiro atoms. The van der Waals surface area contributed by atoms with Gasteiger partial charge in [-0.15, -0.1) is 11.3 Å². The van der Waals surface area contributed by atoms with Crippen LogP contribution in [0.25, 0.3) is 0 Å². The Hall–Kier alpha value is -1.44. The molecule has 0 aliphatic carbocycles. The van der Waals surface area contributed by atoms with Gasteiger partial charge >= 0.3 is 0 Å². The summed E-state index contributed by atoms with van der Waals surface area (Å²) in [6, 6.07) is 5.38. The SMILES string of the molecule is COc1ccc(Br)cc1NC(=O)c1csc(CN)n1. The number of rotatable bonds is 4. The molecule has 0 aliphatic rings. The molecule has 7 heteroatoms. The molecule has 1 aromatic carbocycles. The number of hydrogen-bond acceptors (Lipinski definition) is 5. The van der Waals surface area contributed by atoms with Gasteiger partial charge in [-0.1, -0.05) is 15.9 Å². The summed E-state index contributed by atoms with van der Waals surface area (Å²) < 4.78 is 6.04. The molecule has 1 aromatic heterocycles. The highest BCUT2D eigenvalue weighted by molar-refractivity contribution is 9.10. The van der Waals surface area contributed by atoms with Gasteiger partial charge in [-0.3, -0.25) is 4.79 Å². The number of thiazole rings is 1. The van der Waals surface area contributed by atoms with Gasteiger partial charge in [0.15, 0.2) is 0 Å². The quantitative estimate of drug-likeness (QED) is 0.895.